The number of benzene rings is 2. The number of nitrogens with zero attached hydrogens (tertiary/aromatic N) is 2. The van der Waals surface area contributed by atoms with E-state index in [-0.39, 0.29) is 6.10 Å². The van der Waals surface area contributed by atoms with Crippen LogP contribution >= 0.6 is 0 Å². The van der Waals surface area contributed by atoms with Gasteiger partial charge in [-0.3, -0.25) is 10.00 Å². The molecule has 28 heavy (non-hydrogen) atoms. The van der Waals surface area contributed by atoms with E-state index in [1.807, 2.05) is 18.2 Å². The fourth-order valence-electron chi connectivity index (χ4n) is 3.66. The first-order chi connectivity index (χ1) is 13.9. The number of rotatable bonds is 7. The maximum Gasteiger partial charge on any atom is 0.0924 e. The summed E-state index contributed by atoms with van der Waals surface area (Å²) in [6.07, 6.45) is 1.30. The largest absolute Gasteiger partial charge is 0.376 e. The number of nitrogens with one attached hydrogen (secondary N) is 2. The van der Waals surface area contributed by atoms with Gasteiger partial charge in [-0.15, -0.1) is 0 Å². The Morgan fingerprint density at radius 1 is 1.07 bits per heavy atom. The Morgan fingerprint density at radius 3 is 2.68 bits per heavy atom. The van der Waals surface area contributed by atoms with Gasteiger partial charge in [-0.25, -0.2) is 0 Å². The zero-order valence-corrected chi connectivity index (χ0v) is 16.2. The third-order valence-electron chi connectivity index (χ3n) is 5.07. The van der Waals surface area contributed by atoms with Crippen LogP contribution in [-0.4, -0.2) is 47.4 Å². The van der Waals surface area contributed by atoms with Crippen LogP contribution in [0.1, 0.15) is 17.7 Å². The molecule has 5 heteroatoms. The molecule has 2 N–H and O–H groups in total. The SMILES string of the molecule is c1ccc(CN2CCCOC(CNCc3cc(-c4ccccc4)n[nH]3)C2)cc1. The molecular formula is C23H28N4O. The van der Waals surface area contributed by atoms with Crippen LogP contribution in [0.3, 0.4) is 0 Å². The predicted octanol–water partition coefficient (Wildman–Crippen LogP) is 3.46. The van der Waals surface area contributed by atoms with Crippen molar-refractivity contribution in [1.82, 2.24) is 20.4 Å². The van der Waals surface area contributed by atoms with Gasteiger partial charge in [0, 0.05) is 50.6 Å². The van der Waals surface area contributed by atoms with Crippen molar-refractivity contribution in [3.8, 4) is 11.3 Å². The van der Waals surface area contributed by atoms with Crippen LogP contribution in [0.25, 0.3) is 11.3 Å². The molecule has 1 unspecified atom stereocenters. The molecule has 1 aromatic heterocycles. The molecule has 0 aliphatic carbocycles. The van der Waals surface area contributed by atoms with Crippen LogP contribution in [0.5, 0.6) is 0 Å². The van der Waals surface area contributed by atoms with E-state index in [0.717, 1.165) is 62.7 Å². The third-order valence-corrected chi connectivity index (χ3v) is 5.07. The predicted molar refractivity (Wildman–Crippen MR) is 112 cm³/mol. The highest BCUT2D eigenvalue weighted by molar-refractivity contribution is 5.58. The standard InChI is InChI=1S/C23H28N4O/c1-3-8-19(9-4-1)17-27-12-7-13-28-22(18-27)16-24-15-21-14-23(26-25-21)20-10-5-2-6-11-20/h1-6,8-11,14,22,24H,7,12-13,15-18H2,(H,25,26). The van der Waals surface area contributed by atoms with E-state index in [1.54, 1.807) is 0 Å². The minimum absolute atomic E-state index is 0.211. The van der Waals surface area contributed by atoms with E-state index in [0.29, 0.717) is 0 Å². The van der Waals surface area contributed by atoms with Crippen LogP contribution in [-0.2, 0) is 17.8 Å². The first kappa shape index (κ1) is 18.9. The summed E-state index contributed by atoms with van der Waals surface area (Å²) in [6, 6.07) is 23.0. The number of hydrogen-bond acceptors (Lipinski definition) is 4. The van der Waals surface area contributed by atoms with Crippen molar-refractivity contribution in [1.29, 1.82) is 0 Å². The molecule has 0 amide bonds. The van der Waals surface area contributed by atoms with Gasteiger partial charge in [0.2, 0.25) is 0 Å². The molecule has 3 aromatic rings. The maximum absolute atomic E-state index is 6.05. The second-order valence-electron chi connectivity index (χ2n) is 7.34. The molecule has 0 radical (unpaired) electrons. The number of aromatic amines is 1. The lowest BCUT2D eigenvalue weighted by molar-refractivity contribution is 0.0532. The first-order valence-electron chi connectivity index (χ1n) is 10.0. The molecule has 4 rings (SSSR count). The smallest absolute Gasteiger partial charge is 0.0924 e. The highest BCUT2D eigenvalue weighted by Gasteiger charge is 2.18. The zero-order valence-electron chi connectivity index (χ0n) is 16.2. The average Bonchev–Trinajstić information content (AvgIpc) is 3.10. The quantitative estimate of drug-likeness (QED) is 0.663. The molecule has 146 valence electrons. The van der Waals surface area contributed by atoms with Crippen molar-refractivity contribution in [2.24, 2.45) is 0 Å². The molecule has 0 spiro atoms. The second kappa shape index (κ2) is 9.64. The lowest BCUT2D eigenvalue weighted by Gasteiger charge is -2.24. The van der Waals surface area contributed by atoms with Crippen LogP contribution in [0.2, 0.25) is 0 Å². The van der Waals surface area contributed by atoms with Crippen LogP contribution in [0.15, 0.2) is 66.7 Å². The normalized spacial score (nSPS) is 18.1. The van der Waals surface area contributed by atoms with E-state index in [2.05, 4.69) is 68.9 Å². The Kier molecular flexibility index (Phi) is 6.50. The lowest BCUT2D eigenvalue weighted by Crippen LogP contribution is -2.37. The summed E-state index contributed by atoms with van der Waals surface area (Å²) in [5, 5.41) is 11.1. The van der Waals surface area contributed by atoms with E-state index in [4.69, 9.17) is 4.74 Å². The fraction of sp³-hybridized carbons (Fsp3) is 0.348. The number of hydrogen-bond donors (Lipinski definition) is 2. The summed E-state index contributed by atoms with van der Waals surface area (Å²) in [7, 11) is 0. The molecular weight excluding hydrogens is 348 g/mol. The van der Waals surface area contributed by atoms with Gasteiger partial charge in [0.25, 0.3) is 0 Å². The van der Waals surface area contributed by atoms with Gasteiger partial charge in [-0.2, -0.15) is 5.10 Å². The fourth-order valence-corrected chi connectivity index (χ4v) is 3.66. The van der Waals surface area contributed by atoms with Gasteiger partial charge in [0.05, 0.1) is 11.8 Å². The van der Waals surface area contributed by atoms with Crippen LogP contribution < -0.4 is 5.32 Å². The summed E-state index contributed by atoms with van der Waals surface area (Å²) in [5.41, 5.74) is 4.57. The Balaban J connectivity index is 1.26. The van der Waals surface area contributed by atoms with Crippen molar-refractivity contribution in [2.75, 3.05) is 26.2 Å². The van der Waals surface area contributed by atoms with Gasteiger partial charge < -0.3 is 10.1 Å². The second-order valence-corrected chi connectivity index (χ2v) is 7.34. The Morgan fingerprint density at radius 2 is 1.86 bits per heavy atom. The van der Waals surface area contributed by atoms with E-state index >= 15 is 0 Å². The Hall–Kier alpha value is -2.47. The van der Waals surface area contributed by atoms with Crippen LogP contribution in [0.4, 0.5) is 0 Å². The first-order valence-corrected chi connectivity index (χ1v) is 10.0. The lowest BCUT2D eigenvalue weighted by atomic mass is 10.1. The molecule has 0 bridgehead atoms. The average molecular weight is 377 g/mol. The molecule has 0 saturated carbocycles. The number of H-pyrrole nitrogens is 1. The molecule has 2 heterocycles. The van der Waals surface area contributed by atoms with Crippen molar-refractivity contribution in [3.63, 3.8) is 0 Å². The molecule has 5 nitrogen and oxygen atoms in total. The van der Waals surface area contributed by atoms with Gasteiger partial charge in [-0.05, 0) is 18.1 Å². The maximum atomic E-state index is 6.05. The van der Waals surface area contributed by atoms with E-state index in [1.165, 1.54) is 5.56 Å². The third kappa shape index (κ3) is 5.29. The van der Waals surface area contributed by atoms with Crippen molar-refractivity contribution >= 4 is 0 Å². The van der Waals surface area contributed by atoms with Crippen molar-refractivity contribution < 1.29 is 4.74 Å². The summed E-state index contributed by atoms with van der Waals surface area (Å²) in [6.45, 7) is 5.47. The molecule has 1 fully saturated rings. The van der Waals surface area contributed by atoms with E-state index in [9.17, 15) is 0 Å². The molecule has 2 aromatic carbocycles. The summed E-state index contributed by atoms with van der Waals surface area (Å²) in [5.74, 6) is 0. The minimum Gasteiger partial charge on any atom is -0.376 e. The van der Waals surface area contributed by atoms with Gasteiger partial charge in [0.15, 0.2) is 0 Å². The van der Waals surface area contributed by atoms with Gasteiger partial charge in [0.1, 0.15) is 0 Å². The highest BCUT2D eigenvalue weighted by Crippen LogP contribution is 2.17. The monoisotopic (exact) mass is 376 g/mol. The Bertz CT molecular complexity index is 834. The summed E-state index contributed by atoms with van der Waals surface area (Å²) >= 11 is 0. The van der Waals surface area contributed by atoms with Gasteiger partial charge >= 0.3 is 0 Å². The highest BCUT2D eigenvalue weighted by atomic mass is 16.5. The summed E-state index contributed by atoms with van der Waals surface area (Å²) in [4.78, 5) is 2.50. The zero-order chi connectivity index (χ0) is 19.0. The van der Waals surface area contributed by atoms with Crippen LogP contribution in [0, 0.1) is 0 Å². The summed E-state index contributed by atoms with van der Waals surface area (Å²) < 4.78 is 6.05. The molecule has 1 aliphatic heterocycles. The topological polar surface area (TPSA) is 53.2 Å². The molecule has 1 atom stereocenters. The van der Waals surface area contributed by atoms with E-state index < -0.39 is 0 Å². The van der Waals surface area contributed by atoms with Crippen molar-refractivity contribution in [2.45, 2.75) is 25.6 Å². The minimum atomic E-state index is 0.211. The number of aromatic nitrogens is 2. The van der Waals surface area contributed by atoms with Crippen molar-refractivity contribution in [3.05, 3.63) is 78.0 Å². The molecule has 1 saturated heterocycles. The molecule has 1 aliphatic rings. The number of ether oxygens (including phenoxy) is 1. The Labute approximate surface area is 166 Å². The van der Waals surface area contributed by atoms with Gasteiger partial charge in [-0.1, -0.05) is 60.7 Å².